The van der Waals surface area contributed by atoms with Gasteiger partial charge in [-0.3, -0.25) is 9.80 Å². The van der Waals surface area contributed by atoms with Gasteiger partial charge in [-0.1, -0.05) is 18.2 Å². The van der Waals surface area contributed by atoms with E-state index in [2.05, 4.69) is 28.7 Å². The summed E-state index contributed by atoms with van der Waals surface area (Å²) in [6, 6.07) is 4.77. The molecule has 1 unspecified atom stereocenters. The van der Waals surface area contributed by atoms with Gasteiger partial charge in [0.25, 0.3) is 0 Å². The highest BCUT2D eigenvalue weighted by atomic mass is 19.1. The van der Waals surface area contributed by atoms with Crippen LogP contribution in [0.3, 0.4) is 0 Å². The Bertz CT molecular complexity index is 816. The van der Waals surface area contributed by atoms with E-state index in [0.29, 0.717) is 23.4 Å². The van der Waals surface area contributed by atoms with Crippen LogP contribution in [0.5, 0.6) is 0 Å². The van der Waals surface area contributed by atoms with Crippen LogP contribution in [-0.4, -0.2) is 79.6 Å². The molecule has 8 heteroatoms. The molecule has 0 aromatic heterocycles. The lowest BCUT2D eigenvalue weighted by atomic mass is 9.94. The van der Waals surface area contributed by atoms with Gasteiger partial charge in [-0.05, 0) is 31.7 Å². The molecule has 0 bridgehead atoms. The first-order chi connectivity index (χ1) is 14.4. The van der Waals surface area contributed by atoms with Crippen molar-refractivity contribution in [2.75, 3.05) is 52.9 Å². The first kappa shape index (κ1) is 22.0. The Morgan fingerprint density at radius 1 is 1.27 bits per heavy atom. The third-order valence-corrected chi connectivity index (χ3v) is 5.42. The van der Waals surface area contributed by atoms with Gasteiger partial charge in [-0.25, -0.2) is 14.0 Å². The number of ether oxygens (including phenoxy) is 1. The fourth-order valence-corrected chi connectivity index (χ4v) is 3.77. The lowest BCUT2D eigenvalue weighted by molar-refractivity contribution is -0.139. The van der Waals surface area contributed by atoms with Gasteiger partial charge in [0, 0.05) is 45.0 Å². The van der Waals surface area contributed by atoms with E-state index in [1.807, 2.05) is 0 Å². The average molecular weight is 416 g/mol. The first-order valence-corrected chi connectivity index (χ1v) is 10.2. The molecule has 1 aromatic carbocycles. The van der Waals surface area contributed by atoms with E-state index in [9.17, 15) is 14.0 Å². The number of amides is 2. The van der Waals surface area contributed by atoms with Crippen LogP contribution in [0.25, 0.3) is 0 Å². The number of hydrogen-bond acceptors (Lipinski definition) is 5. The molecule has 1 saturated heterocycles. The van der Waals surface area contributed by atoms with E-state index in [1.54, 1.807) is 25.1 Å². The molecule has 3 rings (SSSR count). The molecule has 2 aliphatic heterocycles. The minimum atomic E-state index is -0.708. The quantitative estimate of drug-likeness (QED) is 0.545. The summed E-state index contributed by atoms with van der Waals surface area (Å²) in [5, 5.41) is 2.88. The summed E-state index contributed by atoms with van der Waals surface area (Å²) in [5.41, 5.74) is 1.61. The molecule has 0 spiro atoms. The van der Waals surface area contributed by atoms with Crippen molar-refractivity contribution in [3.05, 3.63) is 59.6 Å². The zero-order valence-corrected chi connectivity index (χ0v) is 17.6. The summed E-state index contributed by atoms with van der Waals surface area (Å²) >= 11 is 0. The normalized spacial score (nSPS) is 20.8. The first-order valence-electron chi connectivity index (χ1n) is 10.2. The molecule has 2 amide bonds. The van der Waals surface area contributed by atoms with Crippen LogP contribution in [0, 0.1) is 5.82 Å². The van der Waals surface area contributed by atoms with Crippen LogP contribution in [-0.2, 0) is 9.53 Å². The van der Waals surface area contributed by atoms with Gasteiger partial charge in [-0.15, -0.1) is 6.58 Å². The van der Waals surface area contributed by atoms with Crippen LogP contribution in [0.15, 0.2) is 48.2 Å². The molecule has 7 nitrogen and oxygen atoms in total. The number of rotatable bonds is 7. The minimum absolute atomic E-state index is 0.218. The van der Waals surface area contributed by atoms with Crippen molar-refractivity contribution in [2.45, 2.75) is 13.0 Å². The highest BCUT2D eigenvalue weighted by Crippen LogP contribution is 2.32. The Balaban J connectivity index is 2.06. The number of carbonyl (C=O) groups is 2. The topological polar surface area (TPSA) is 65.1 Å². The Labute approximate surface area is 176 Å². The Hall–Kier alpha value is -2.71. The van der Waals surface area contributed by atoms with Gasteiger partial charge in [0.2, 0.25) is 0 Å². The van der Waals surface area contributed by atoms with Crippen molar-refractivity contribution in [1.29, 1.82) is 0 Å². The van der Waals surface area contributed by atoms with Crippen LogP contribution < -0.4 is 5.32 Å². The Morgan fingerprint density at radius 2 is 1.93 bits per heavy atom. The van der Waals surface area contributed by atoms with Crippen molar-refractivity contribution in [3.63, 3.8) is 0 Å². The summed E-state index contributed by atoms with van der Waals surface area (Å²) in [6.07, 6.45) is 1.63. The summed E-state index contributed by atoms with van der Waals surface area (Å²) in [4.78, 5) is 32.0. The Morgan fingerprint density at radius 3 is 2.53 bits per heavy atom. The second-order valence-corrected chi connectivity index (χ2v) is 7.49. The number of halogens is 1. The number of hydrogen-bond donors (Lipinski definition) is 1. The number of likely N-dealkylation sites (N-methyl/N-ethyl adjacent to an activating group) is 1. The van der Waals surface area contributed by atoms with E-state index in [4.69, 9.17) is 4.74 Å². The molecular formula is C22H29FN4O3. The molecule has 2 heterocycles. The van der Waals surface area contributed by atoms with Crippen LogP contribution in [0.4, 0.5) is 9.18 Å². The fraction of sp³-hybridized carbons (Fsp3) is 0.455. The van der Waals surface area contributed by atoms with Gasteiger partial charge in [0.1, 0.15) is 5.82 Å². The average Bonchev–Trinajstić information content (AvgIpc) is 2.72. The number of urea groups is 1. The molecule has 162 valence electrons. The second-order valence-electron chi connectivity index (χ2n) is 7.49. The SMILES string of the molecule is C=CCN1C(=O)NC(c2ccc(F)cc2)C(C(=O)OCC)=C1CN1CCN(C)CC1. The lowest BCUT2D eigenvalue weighted by Gasteiger charge is -2.40. The predicted molar refractivity (Wildman–Crippen MR) is 112 cm³/mol. The highest BCUT2D eigenvalue weighted by molar-refractivity contribution is 5.95. The van der Waals surface area contributed by atoms with Crippen molar-refractivity contribution in [2.24, 2.45) is 0 Å². The molecule has 0 aliphatic carbocycles. The number of esters is 1. The van der Waals surface area contributed by atoms with Gasteiger partial charge in [0.15, 0.2) is 0 Å². The van der Waals surface area contributed by atoms with Crippen molar-refractivity contribution in [1.82, 2.24) is 20.0 Å². The van der Waals surface area contributed by atoms with Crippen molar-refractivity contribution in [3.8, 4) is 0 Å². The van der Waals surface area contributed by atoms with Crippen LogP contribution >= 0.6 is 0 Å². The molecule has 0 saturated carbocycles. The number of nitrogens with zero attached hydrogens (tertiary/aromatic N) is 3. The van der Waals surface area contributed by atoms with E-state index < -0.39 is 12.0 Å². The predicted octanol–water partition coefficient (Wildman–Crippen LogP) is 2.14. The third-order valence-electron chi connectivity index (χ3n) is 5.42. The second kappa shape index (κ2) is 9.86. The molecular weight excluding hydrogens is 387 g/mol. The van der Waals surface area contributed by atoms with Crippen molar-refractivity contribution < 1.29 is 18.7 Å². The molecule has 1 N–H and O–H groups in total. The molecule has 1 aromatic rings. The number of carbonyl (C=O) groups excluding carboxylic acids is 2. The van der Waals surface area contributed by atoms with Crippen LogP contribution in [0.1, 0.15) is 18.5 Å². The highest BCUT2D eigenvalue weighted by Gasteiger charge is 2.38. The molecule has 0 radical (unpaired) electrons. The Kier molecular flexibility index (Phi) is 7.23. The smallest absolute Gasteiger partial charge is 0.338 e. The summed E-state index contributed by atoms with van der Waals surface area (Å²) in [5.74, 6) is -0.862. The maximum absolute atomic E-state index is 13.5. The number of benzene rings is 1. The molecule has 2 aliphatic rings. The zero-order chi connectivity index (χ0) is 21.7. The summed E-state index contributed by atoms with van der Waals surface area (Å²) in [6.45, 7) is 9.93. The maximum Gasteiger partial charge on any atom is 0.338 e. The fourth-order valence-electron chi connectivity index (χ4n) is 3.77. The minimum Gasteiger partial charge on any atom is -0.463 e. The number of nitrogens with one attached hydrogen (secondary N) is 1. The standard InChI is InChI=1S/C22H29FN4O3/c1-4-10-27-18(15-26-13-11-25(3)12-14-26)19(21(28)30-5-2)20(24-22(27)29)16-6-8-17(23)9-7-16/h4,6-9,20H,1,5,10-15H2,2-3H3,(H,24,29). The van der Waals surface area contributed by atoms with E-state index in [0.717, 1.165) is 26.2 Å². The molecule has 1 fully saturated rings. The van der Waals surface area contributed by atoms with E-state index in [1.165, 1.54) is 17.0 Å². The monoisotopic (exact) mass is 416 g/mol. The lowest BCUT2D eigenvalue weighted by Crippen LogP contribution is -2.52. The zero-order valence-electron chi connectivity index (χ0n) is 17.6. The van der Waals surface area contributed by atoms with Gasteiger partial charge in [0.05, 0.1) is 18.2 Å². The van der Waals surface area contributed by atoms with Gasteiger partial charge >= 0.3 is 12.0 Å². The van der Waals surface area contributed by atoms with E-state index >= 15 is 0 Å². The number of piperazine rings is 1. The third kappa shape index (κ3) is 4.88. The van der Waals surface area contributed by atoms with Gasteiger partial charge in [-0.2, -0.15) is 0 Å². The van der Waals surface area contributed by atoms with E-state index in [-0.39, 0.29) is 25.0 Å². The summed E-state index contributed by atoms with van der Waals surface area (Å²) in [7, 11) is 2.07. The van der Waals surface area contributed by atoms with Crippen LogP contribution in [0.2, 0.25) is 0 Å². The largest absolute Gasteiger partial charge is 0.463 e. The van der Waals surface area contributed by atoms with Crippen molar-refractivity contribution >= 4 is 12.0 Å². The molecule has 1 atom stereocenters. The van der Waals surface area contributed by atoms with Gasteiger partial charge < -0.3 is 15.0 Å². The molecule has 30 heavy (non-hydrogen) atoms. The summed E-state index contributed by atoms with van der Waals surface area (Å²) < 4.78 is 18.8. The maximum atomic E-state index is 13.5.